The summed E-state index contributed by atoms with van der Waals surface area (Å²) >= 11 is 0. The van der Waals surface area contributed by atoms with Crippen LogP contribution in [0, 0.1) is 5.92 Å². The fourth-order valence-corrected chi connectivity index (χ4v) is 2.84. The predicted octanol–water partition coefficient (Wildman–Crippen LogP) is 3.06. The van der Waals surface area contributed by atoms with Gasteiger partial charge in [0.15, 0.2) is 0 Å². The number of carbonyl (C=O) groups excluding carboxylic acids is 3. The lowest BCUT2D eigenvalue weighted by Gasteiger charge is -2.22. The molecular formula is C22H27N3O5. The lowest BCUT2D eigenvalue weighted by atomic mass is 10.0. The molecule has 0 saturated heterocycles. The molecule has 2 rings (SSSR count). The van der Waals surface area contributed by atoms with Gasteiger partial charge < -0.3 is 25.4 Å². The summed E-state index contributed by atoms with van der Waals surface area (Å²) in [5.74, 6) is -0.438. The minimum absolute atomic E-state index is 0.119. The number of carbonyl (C=O) groups is 3. The Morgan fingerprint density at radius 1 is 0.867 bits per heavy atom. The zero-order valence-corrected chi connectivity index (χ0v) is 17.7. The first-order chi connectivity index (χ1) is 14.3. The second-order valence-corrected chi connectivity index (χ2v) is 6.98. The lowest BCUT2D eigenvalue weighted by molar-refractivity contribution is -0.126. The monoisotopic (exact) mass is 413 g/mol. The second kappa shape index (κ2) is 10.3. The van der Waals surface area contributed by atoms with Crippen LogP contribution in [-0.2, 0) is 9.59 Å². The van der Waals surface area contributed by atoms with Gasteiger partial charge >= 0.3 is 0 Å². The van der Waals surface area contributed by atoms with Crippen LogP contribution in [0.25, 0.3) is 0 Å². The number of rotatable bonds is 8. The zero-order chi connectivity index (χ0) is 22.3. The van der Waals surface area contributed by atoms with Crippen molar-refractivity contribution in [3.63, 3.8) is 0 Å². The van der Waals surface area contributed by atoms with Crippen LogP contribution in [0.2, 0.25) is 0 Å². The molecule has 8 heteroatoms. The molecule has 0 aliphatic heterocycles. The summed E-state index contributed by atoms with van der Waals surface area (Å²) in [5.41, 5.74) is 1.24. The summed E-state index contributed by atoms with van der Waals surface area (Å²) in [6.07, 6.45) is 0. The fraction of sp³-hybridized carbons (Fsp3) is 0.318. The van der Waals surface area contributed by atoms with E-state index in [-0.39, 0.29) is 23.6 Å². The van der Waals surface area contributed by atoms with E-state index in [0.29, 0.717) is 28.4 Å². The van der Waals surface area contributed by atoms with Crippen LogP contribution in [-0.4, -0.2) is 38.0 Å². The second-order valence-electron chi connectivity index (χ2n) is 6.98. The first kappa shape index (κ1) is 22.7. The quantitative estimate of drug-likeness (QED) is 0.617. The van der Waals surface area contributed by atoms with Gasteiger partial charge in [-0.3, -0.25) is 14.4 Å². The number of nitrogens with one attached hydrogen (secondary N) is 3. The van der Waals surface area contributed by atoms with Crippen molar-refractivity contribution in [2.24, 2.45) is 5.92 Å². The Bertz CT molecular complexity index is 912. The van der Waals surface area contributed by atoms with Crippen LogP contribution >= 0.6 is 0 Å². The molecule has 2 aromatic carbocycles. The van der Waals surface area contributed by atoms with Crippen LogP contribution in [0.15, 0.2) is 42.5 Å². The van der Waals surface area contributed by atoms with Gasteiger partial charge in [0.1, 0.15) is 17.5 Å². The molecule has 30 heavy (non-hydrogen) atoms. The molecule has 1 atom stereocenters. The van der Waals surface area contributed by atoms with Crippen LogP contribution in [0.4, 0.5) is 11.4 Å². The Labute approximate surface area is 175 Å². The van der Waals surface area contributed by atoms with E-state index < -0.39 is 6.04 Å². The van der Waals surface area contributed by atoms with Gasteiger partial charge in [0, 0.05) is 24.6 Å². The lowest BCUT2D eigenvalue weighted by Crippen LogP contribution is -2.46. The summed E-state index contributed by atoms with van der Waals surface area (Å²) < 4.78 is 10.8. The van der Waals surface area contributed by atoms with E-state index in [9.17, 15) is 14.4 Å². The van der Waals surface area contributed by atoms with Gasteiger partial charge in [-0.1, -0.05) is 32.0 Å². The molecule has 3 amide bonds. The number of benzene rings is 2. The predicted molar refractivity (Wildman–Crippen MR) is 115 cm³/mol. The van der Waals surface area contributed by atoms with Gasteiger partial charge in [0.2, 0.25) is 11.8 Å². The molecule has 0 heterocycles. The van der Waals surface area contributed by atoms with Crippen molar-refractivity contribution in [2.45, 2.75) is 26.8 Å². The molecule has 8 nitrogen and oxygen atoms in total. The van der Waals surface area contributed by atoms with Gasteiger partial charge in [0.25, 0.3) is 5.91 Å². The van der Waals surface area contributed by atoms with Crippen molar-refractivity contribution in [1.29, 1.82) is 0 Å². The average Bonchev–Trinajstić information content (AvgIpc) is 2.72. The highest BCUT2D eigenvalue weighted by molar-refractivity contribution is 6.06. The Morgan fingerprint density at radius 3 is 1.87 bits per heavy atom. The van der Waals surface area contributed by atoms with Crippen molar-refractivity contribution in [2.75, 3.05) is 24.9 Å². The topological polar surface area (TPSA) is 106 Å². The number of hydrogen-bond donors (Lipinski definition) is 3. The third-order valence-corrected chi connectivity index (χ3v) is 4.37. The van der Waals surface area contributed by atoms with E-state index in [0.717, 1.165) is 0 Å². The Balaban J connectivity index is 2.30. The molecule has 160 valence electrons. The molecule has 0 fully saturated rings. The first-order valence-electron chi connectivity index (χ1n) is 9.47. The third kappa shape index (κ3) is 5.73. The van der Waals surface area contributed by atoms with Crippen molar-refractivity contribution in [1.82, 2.24) is 5.32 Å². The van der Waals surface area contributed by atoms with Crippen LogP contribution < -0.4 is 25.4 Å². The van der Waals surface area contributed by atoms with E-state index in [1.54, 1.807) is 36.4 Å². The number of anilines is 2. The summed E-state index contributed by atoms with van der Waals surface area (Å²) in [6, 6.07) is 11.2. The number of amides is 3. The molecule has 0 radical (unpaired) electrons. The molecule has 0 aliphatic carbocycles. The highest BCUT2D eigenvalue weighted by Crippen LogP contribution is 2.36. The Hall–Kier alpha value is -3.55. The van der Waals surface area contributed by atoms with E-state index in [4.69, 9.17) is 9.47 Å². The van der Waals surface area contributed by atoms with Gasteiger partial charge in [-0.05, 0) is 18.1 Å². The Kier molecular flexibility index (Phi) is 7.80. The zero-order valence-electron chi connectivity index (χ0n) is 17.7. The average molecular weight is 413 g/mol. The van der Waals surface area contributed by atoms with Crippen molar-refractivity contribution >= 4 is 29.1 Å². The maximum Gasteiger partial charge on any atom is 0.255 e. The summed E-state index contributed by atoms with van der Waals surface area (Å²) in [6.45, 7) is 5.02. The normalized spacial score (nSPS) is 11.4. The molecule has 0 aliphatic rings. The molecule has 0 saturated carbocycles. The summed E-state index contributed by atoms with van der Waals surface area (Å²) in [4.78, 5) is 36.6. The highest BCUT2D eigenvalue weighted by atomic mass is 16.5. The maximum absolute atomic E-state index is 12.7. The van der Waals surface area contributed by atoms with Crippen molar-refractivity contribution in [3.05, 3.63) is 48.0 Å². The first-order valence-corrected chi connectivity index (χ1v) is 9.47. The van der Waals surface area contributed by atoms with E-state index >= 15 is 0 Å². The van der Waals surface area contributed by atoms with E-state index in [1.165, 1.54) is 21.1 Å². The largest absolute Gasteiger partial charge is 0.494 e. The Morgan fingerprint density at radius 2 is 1.40 bits per heavy atom. The highest BCUT2D eigenvalue weighted by Gasteiger charge is 2.25. The SMILES string of the molecule is COc1cc(NC(=O)C(NC(C)=O)C(C)C)c(OC)cc1NC(=O)c1ccccc1. The summed E-state index contributed by atoms with van der Waals surface area (Å²) in [7, 11) is 2.91. The molecule has 1 unspecified atom stereocenters. The van der Waals surface area contributed by atoms with Gasteiger partial charge in [-0.15, -0.1) is 0 Å². The van der Waals surface area contributed by atoms with Crippen LogP contribution in [0.1, 0.15) is 31.1 Å². The van der Waals surface area contributed by atoms with Crippen LogP contribution in [0.3, 0.4) is 0 Å². The summed E-state index contributed by atoms with van der Waals surface area (Å²) in [5, 5.41) is 8.19. The van der Waals surface area contributed by atoms with E-state index in [1.807, 2.05) is 19.9 Å². The smallest absolute Gasteiger partial charge is 0.255 e. The molecule has 3 N–H and O–H groups in total. The maximum atomic E-state index is 12.7. The molecule has 0 aromatic heterocycles. The standard InChI is InChI=1S/C22H27N3O5/c1-13(2)20(23-14(3)26)22(28)25-17-12-18(29-4)16(11-19(17)30-5)24-21(27)15-9-7-6-8-10-15/h6-13,20H,1-5H3,(H,23,26)(H,24,27)(H,25,28). The molecule has 0 spiro atoms. The molecule has 2 aromatic rings. The van der Waals surface area contributed by atoms with Crippen LogP contribution in [0.5, 0.6) is 11.5 Å². The minimum Gasteiger partial charge on any atom is -0.494 e. The third-order valence-electron chi connectivity index (χ3n) is 4.37. The van der Waals surface area contributed by atoms with Crippen molar-refractivity contribution in [3.8, 4) is 11.5 Å². The van der Waals surface area contributed by atoms with Gasteiger partial charge in [0.05, 0.1) is 25.6 Å². The number of methoxy groups -OCH3 is 2. The number of ether oxygens (including phenoxy) is 2. The van der Waals surface area contributed by atoms with E-state index in [2.05, 4.69) is 16.0 Å². The molecule has 0 bridgehead atoms. The number of hydrogen-bond acceptors (Lipinski definition) is 5. The van der Waals surface area contributed by atoms with Gasteiger partial charge in [-0.25, -0.2) is 0 Å². The minimum atomic E-state index is -0.712. The van der Waals surface area contributed by atoms with Gasteiger partial charge in [-0.2, -0.15) is 0 Å². The van der Waals surface area contributed by atoms with Crippen molar-refractivity contribution < 1.29 is 23.9 Å². The molecular weight excluding hydrogens is 386 g/mol. The fourth-order valence-electron chi connectivity index (χ4n) is 2.84.